The van der Waals surface area contributed by atoms with E-state index in [-0.39, 0.29) is 18.2 Å². The third kappa shape index (κ3) is 4.28. The topological polar surface area (TPSA) is 71.1 Å². The van der Waals surface area contributed by atoms with Crippen LogP contribution in [0.4, 0.5) is 5.69 Å². The Morgan fingerprint density at radius 3 is 2.64 bits per heavy atom. The van der Waals surface area contributed by atoms with E-state index in [9.17, 15) is 9.59 Å². The van der Waals surface area contributed by atoms with Gasteiger partial charge in [-0.1, -0.05) is 39.0 Å². The number of benzene rings is 1. The highest BCUT2D eigenvalue weighted by Crippen LogP contribution is 2.16. The predicted molar refractivity (Wildman–Crippen MR) is 87.5 cm³/mol. The van der Waals surface area contributed by atoms with Crippen LogP contribution in [0.2, 0.25) is 0 Å². The van der Waals surface area contributed by atoms with Crippen molar-refractivity contribution < 1.29 is 9.59 Å². The molecular formula is C17H21N3O2. The normalized spacial score (nSPS) is 11.2. The van der Waals surface area contributed by atoms with Gasteiger partial charge < -0.3 is 10.6 Å². The van der Waals surface area contributed by atoms with Gasteiger partial charge in [0, 0.05) is 23.8 Å². The molecule has 0 saturated carbocycles. The Bertz CT molecular complexity index is 690. The first-order valence-electron chi connectivity index (χ1n) is 7.29. The van der Waals surface area contributed by atoms with Crippen molar-refractivity contribution in [3.05, 3.63) is 36.5 Å². The van der Waals surface area contributed by atoms with Crippen molar-refractivity contribution in [3.8, 4) is 0 Å². The van der Waals surface area contributed by atoms with Crippen LogP contribution in [-0.4, -0.2) is 23.3 Å². The molecule has 1 aromatic heterocycles. The number of anilines is 1. The molecule has 0 fully saturated rings. The number of nitrogens with one attached hydrogen (secondary N) is 2. The molecule has 0 saturated heterocycles. The van der Waals surface area contributed by atoms with Crippen LogP contribution in [0.5, 0.6) is 0 Å². The highest BCUT2D eigenvalue weighted by Gasteiger charge is 2.20. The lowest BCUT2D eigenvalue weighted by molar-refractivity contribution is -0.128. The van der Waals surface area contributed by atoms with Gasteiger partial charge in [0.05, 0.1) is 17.4 Å². The highest BCUT2D eigenvalue weighted by molar-refractivity contribution is 5.93. The van der Waals surface area contributed by atoms with E-state index >= 15 is 0 Å². The summed E-state index contributed by atoms with van der Waals surface area (Å²) in [5.41, 5.74) is 1.10. The number of rotatable bonds is 4. The second-order valence-corrected chi connectivity index (χ2v) is 6.22. The average Bonchev–Trinajstić information content (AvgIpc) is 2.46. The molecule has 2 N–H and O–H groups in total. The van der Waals surface area contributed by atoms with E-state index in [4.69, 9.17) is 0 Å². The zero-order valence-electron chi connectivity index (χ0n) is 13.1. The molecule has 116 valence electrons. The van der Waals surface area contributed by atoms with E-state index in [0.717, 1.165) is 10.9 Å². The molecule has 0 bridgehead atoms. The summed E-state index contributed by atoms with van der Waals surface area (Å²) < 4.78 is 0. The van der Waals surface area contributed by atoms with Crippen LogP contribution in [0.1, 0.15) is 27.2 Å². The zero-order valence-corrected chi connectivity index (χ0v) is 13.1. The number of amides is 2. The first-order chi connectivity index (χ1) is 10.4. The molecule has 1 aromatic carbocycles. The van der Waals surface area contributed by atoms with Crippen molar-refractivity contribution in [3.63, 3.8) is 0 Å². The third-order valence-corrected chi connectivity index (χ3v) is 3.19. The molecule has 22 heavy (non-hydrogen) atoms. The fourth-order valence-electron chi connectivity index (χ4n) is 1.92. The monoisotopic (exact) mass is 299 g/mol. The van der Waals surface area contributed by atoms with Crippen molar-refractivity contribution >= 4 is 28.4 Å². The van der Waals surface area contributed by atoms with E-state index in [0.29, 0.717) is 12.2 Å². The number of carbonyl (C=O) groups excluding carboxylic acids is 2. The van der Waals surface area contributed by atoms with Gasteiger partial charge in [-0.2, -0.15) is 0 Å². The Hall–Kier alpha value is -2.43. The first kappa shape index (κ1) is 15.9. The second kappa shape index (κ2) is 6.56. The zero-order chi connectivity index (χ0) is 16.2. The summed E-state index contributed by atoms with van der Waals surface area (Å²) in [4.78, 5) is 27.9. The molecular weight excluding hydrogens is 278 g/mol. The standard InChI is InChI=1S/C17H21N3O2/c1-17(2,3)16(22)18-9-8-15(21)20-13-10-12-6-4-5-7-14(12)19-11-13/h4-7,10-11H,8-9H2,1-3H3,(H,18,22)(H,20,21). The summed E-state index contributed by atoms with van der Waals surface area (Å²) in [7, 11) is 0. The molecule has 2 aromatic rings. The van der Waals surface area contributed by atoms with Crippen LogP contribution in [0.15, 0.2) is 36.5 Å². The van der Waals surface area contributed by atoms with E-state index < -0.39 is 5.41 Å². The number of nitrogens with zero attached hydrogens (tertiary/aromatic N) is 1. The van der Waals surface area contributed by atoms with Gasteiger partial charge in [0.25, 0.3) is 0 Å². The minimum absolute atomic E-state index is 0.0623. The molecule has 0 unspecified atom stereocenters. The molecule has 5 nitrogen and oxygen atoms in total. The van der Waals surface area contributed by atoms with Crippen LogP contribution in [-0.2, 0) is 9.59 Å². The summed E-state index contributed by atoms with van der Waals surface area (Å²) in [6.07, 6.45) is 1.86. The minimum Gasteiger partial charge on any atom is -0.355 e. The summed E-state index contributed by atoms with van der Waals surface area (Å²) in [6, 6.07) is 9.60. The molecule has 0 aliphatic rings. The van der Waals surface area contributed by atoms with Gasteiger partial charge in [-0.15, -0.1) is 0 Å². The Morgan fingerprint density at radius 2 is 1.91 bits per heavy atom. The van der Waals surface area contributed by atoms with Gasteiger partial charge in [0.1, 0.15) is 0 Å². The molecule has 0 aliphatic carbocycles. The molecule has 2 rings (SSSR count). The quantitative estimate of drug-likeness (QED) is 0.912. The Labute approximate surface area is 130 Å². The SMILES string of the molecule is CC(C)(C)C(=O)NCCC(=O)Nc1cnc2ccccc2c1. The van der Waals surface area contributed by atoms with Gasteiger partial charge in [-0.05, 0) is 12.1 Å². The van der Waals surface area contributed by atoms with Crippen molar-refractivity contribution in [2.45, 2.75) is 27.2 Å². The van der Waals surface area contributed by atoms with Crippen LogP contribution in [0.25, 0.3) is 10.9 Å². The van der Waals surface area contributed by atoms with Crippen LogP contribution in [0, 0.1) is 5.41 Å². The van der Waals surface area contributed by atoms with Gasteiger partial charge in [-0.3, -0.25) is 14.6 Å². The van der Waals surface area contributed by atoms with Crippen molar-refractivity contribution in [1.29, 1.82) is 0 Å². The van der Waals surface area contributed by atoms with Gasteiger partial charge in [-0.25, -0.2) is 0 Å². The maximum Gasteiger partial charge on any atom is 0.226 e. The van der Waals surface area contributed by atoms with Crippen molar-refractivity contribution in [2.75, 3.05) is 11.9 Å². The Balaban J connectivity index is 1.87. The Morgan fingerprint density at radius 1 is 1.18 bits per heavy atom. The number of carbonyl (C=O) groups is 2. The van der Waals surface area contributed by atoms with E-state index in [2.05, 4.69) is 15.6 Å². The maximum atomic E-state index is 11.9. The first-order valence-corrected chi connectivity index (χ1v) is 7.29. The van der Waals surface area contributed by atoms with Gasteiger partial charge in [0.2, 0.25) is 11.8 Å². The maximum absolute atomic E-state index is 11.9. The second-order valence-electron chi connectivity index (χ2n) is 6.22. The fraction of sp³-hybridized carbons (Fsp3) is 0.353. The van der Waals surface area contributed by atoms with Gasteiger partial charge in [0.15, 0.2) is 0 Å². The van der Waals surface area contributed by atoms with Crippen LogP contribution in [0.3, 0.4) is 0 Å². The molecule has 0 radical (unpaired) electrons. The number of hydrogen-bond donors (Lipinski definition) is 2. The lowest BCUT2D eigenvalue weighted by atomic mass is 9.96. The average molecular weight is 299 g/mol. The highest BCUT2D eigenvalue weighted by atomic mass is 16.2. The molecule has 5 heteroatoms. The molecule has 0 aliphatic heterocycles. The number of hydrogen-bond acceptors (Lipinski definition) is 3. The summed E-state index contributed by atoms with van der Waals surface area (Å²) in [6.45, 7) is 5.83. The van der Waals surface area contributed by atoms with Crippen LogP contribution >= 0.6 is 0 Å². The lowest BCUT2D eigenvalue weighted by Crippen LogP contribution is -2.36. The molecule has 0 spiro atoms. The molecule has 1 heterocycles. The summed E-state index contributed by atoms with van der Waals surface area (Å²) in [5, 5.41) is 6.52. The van der Waals surface area contributed by atoms with E-state index in [1.165, 1.54) is 0 Å². The fourth-order valence-corrected chi connectivity index (χ4v) is 1.92. The lowest BCUT2D eigenvalue weighted by Gasteiger charge is -2.17. The molecule has 0 atom stereocenters. The van der Waals surface area contributed by atoms with Crippen molar-refractivity contribution in [2.24, 2.45) is 5.41 Å². The van der Waals surface area contributed by atoms with Crippen molar-refractivity contribution in [1.82, 2.24) is 10.3 Å². The predicted octanol–water partition coefficient (Wildman–Crippen LogP) is 2.73. The summed E-state index contributed by atoms with van der Waals surface area (Å²) in [5.74, 6) is -0.209. The largest absolute Gasteiger partial charge is 0.355 e. The van der Waals surface area contributed by atoms with Gasteiger partial charge >= 0.3 is 0 Å². The summed E-state index contributed by atoms with van der Waals surface area (Å²) >= 11 is 0. The number of para-hydroxylation sites is 1. The van der Waals surface area contributed by atoms with Crippen LogP contribution < -0.4 is 10.6 Å². The number of pyridine rings is 1. The Kier molecular flexibility index (Phi) is 4.75. The smallest absolute Gasteiger partial charge is 0.226 e. The minimum atomic E-state index is -0.446. The third-order valence-electron chi connectivity index (χ3n) is 3.19. The number of aromatic nitrogens is 1. The van der Waals surface area contributed by atoms with E-state index in [1.54, 1.807) is 6.20 Å². The van der Waals surface area contributed by atoms with E-state index in [1.807, 2.05) is 51.1 Å². The number of fused-ring (bicyclic) bond motifs is 1. The molecule has 2 amide bonds.